The van der Waals surface area contributed by atoms with Crippen LogP contribution in [-0.2, 0) is 0 Å². The summed E-state index contributed by atoms with van der Waals surface area (Å²) in [4.78, 5) is 4.31. The van der Waals surface area contributed by atoms with Gasteiger partial charge in [0.25, 0.3) is 0 Å². The molecule has 1 aromatic rings. The number of piperidine rings is 1. The zero-order valence-electron chi connectivity index (χ0n) is 12.3. The third kappa shape index (κ3) is 2.53. The quantitative estimate of drug-likeness (QED) is 0.793. The molecule has 1 aliphatic carbocycles. The van der Waals surface area contributed by atoms with Gasteiger partial charge in [0, 0.05) is 29.7 Å². The zero-order chi connectivity index (χ0) is 13.4. The summed E-state index contributed by atoms with van der Waals surface area (Å²) in [5.74, 6) is 4.15. The van der Waals surface area contributed by atoms with E-state index in [2.05, 4.69) is 40.9 Å². The van der Waals surface area contributed by atoms with Gasteiger partial charge in [0.2, 0.25) is 0 Å². The van der Waals surface area contributed by atoms with Gasteiger partial charge in [0.1, 0.15) is 0 Å². The van der Waals surface area contributed by atoms with Crippen molar-refractivity contribution in [2.45, 2.75) is 42.9 Å². The minimum atomic E-state index is 0.774. The maximum absolute atomic E-state index is 2.78. The largest absolute Gasteiger partial charge is 0.302 e. The maximum atomic E-state index is 2.78. The lowest BCUT2D eigenvalue weighted by atomic mass is 9.75. The van der Waals surface area contributed by atoms with Gasteiger partial charge >= 0.3 is 0 Å². The van der Waals surface area contributed by atoms with Crippen molar-refractivity contribution in [3.63, 3.8) is 0 Å². The van der Waals surface area contributed by atoms with E-state index in [1.54, 1.807) is 5.56 Å². The number of fused-ring (bicyclic) bond motifs is 2. The molecular formula is C18H25NS. The highest BCUT2D eigenvalue weighted by atomic mass is 32.2. The number of likely N-dealkylation sites (tertiary alicyclic amines) is 1. The van der Waals surface area contributed by atoms with Gasteiger partial charge in [-0.25, -0.2) is 0 Å². The molecule has 1 aromatic carbocycles. The fourth-order valence-corrected chi connectivity index (χ4v) is 5.78. The summed E-state index contributed by atoms with van der Waals surface area (Å²) in [5, 5.41) is 0. The maximum Gasteiger partial charge on any atom is 0.0108 e. The Kier molecular flexibility index (Phi) is 3.78. The van der Waals surface area contributed by atoms with Gasteiger partial charge in [-0.15, -0.1) is 11.8 Å². The van der Waals surface area contributed by atoms with Crippen molar-refractivity contribution >= 4 is 11.8 Å². The molecule has 0 bridgehead atoms. The first-order chi connectivity index (χ1) is 9.90. The Balaban J connectivity index is 1.41. The molecule has 2 heterocycles. The molecule has 0 N–H and O–H groups in total. The number of nitrogens with zero attached hydrogens (tertiary/aromatic N) is 1. The lowest BCUT2D eigenvalue weighted by Crippen LogP contribution is -2.43. The average Bonchev–Trinajstić information content (AvgIpc) is 2.91. The minimum absolute atomic E-state index is 0.774. The molecule has 3 atom stereocenters. The molecule has 2 fully saturated rings. The van der Waals surface area contributed by atoms with Crippen molar-refractivity contribution in [3.8, 4) is 0 Å². The molecule has 3 aliphatic rings. The number of rotatable bonds is 2. The Labute approximate surface area is 127 Å². The van der Waals surface area contributed by atoms with E-state index < -0.39 is 0 Å². The Morgan fingerprint density at radius 2 is 1.90 bits per heavy atom. The first-order valence-electron chi connectivity index (χ1n) is 8.34. The highest BCUT2D eigenvalue weighted by Gasteiger charge is 2.33. The Bertz CT molecular complexity index is 472. The van der Waals surface area contributed by atoms with E-state index in [9.17, 15) is 0 Å². The first kappa shape index (κ1) is 13.2. The van der Waals surface area contributed by atoms with Crippen LogP contribution in [0.1, 0.15) is 43.6 Å². The summed E-state index contributed by atoms with van der Waals surface area (Å²) < 4.78 is 0. The molecular weight excluding hydrogens is 262 g/mol. The summed E-state index contributed by atoms with van der Waals surface area (Å²) in [7, 11) is 0. The summed E-state index contributed by atoms with van der Waals surface area (Å²) in [5.41, 5.74) is 1.61. The van der Waals surface area contributed by atoms with E-state index in [1.165, 1.54) is 62.4 Å². The lowest BCUT2D eigenvalue weighted by Gasteiger charge is -2.42. The van der Waals surface area contributed by atoms with Crippen LogP contribution < -0.4 is 0 Å². The zero-order valence-corrected chi connectivity index (χ0v) is 13.1. The second-order valence-corrected chi connectivity index (χ2v) is 7.96. The van der Waals surface area contributed by atoms with E-state index in [0.717, 1.165) is 17.8 Å². The molecule has 2 aliphatic heterocycles. The van der Waals surface area contributed by atoms with Crippen molar-refractivity contribution in [1.29, 1.82) is 0 Å². The Morgan fingerprint density at radius 1 is 1.05 bits per heavy atom. The number of hydrogen-bond acceptors (Lipinski definition) is 2. The van der Waals surface area contributed by atoms with Crippen molar-refractivity contribution in [2.24, 2.45) is 11.8 Å². The smallest absolute Gasteiger partial charge is 0.0108 e. The van der Waals surface area contributed by atoms with Crippen LogP contribution >= 0.6 is 11.8 Å². The van der Waals surface area contributed by atoms with Crippen LogP contribution in [0.3, 0.4) is 0 Å². The monoisotopic (exact) mass is 287 g/mol. The van der Waals surface area contributed by atoms with Gasteiger partial charge in [-0.2, -0.15) is 0 Å². The molecule has 108 valence electrons. The van der Waals surface area contributed by atoms with Crippen LogP contribution in [0.15, 0.2) is 29.2 Å². The molecule has 0 amide bonds. The predicted octanol–water partition coefficient (Wildman–Crippen LogP) is 4.39. The predicted molar refractivity (Wildman–Crippen MR) is 86.4 cm³/mol. The molecule has 20 heavy (non-hydrogen) atoms. The van der Waals surface area contributed by atoms with Crippen LogP contribution in [0.2, 0.25) is 0 Å². The molecule has 0 spiro atoms. The van der Waals surface area contributed by atoms with Gasteiger partial charge in [0.15, 0.2) is 0 Å². The van der Waals surface area contributed by atoms with Gasteiger partial charge in [-0.05, 0) is 42.9 Å². The molecule has 1 nitrogen and oxygen atoms in total. The van der Waals surface area contributed by atoms with Gasteiger partial charge in [-0.3, -0.25) is 0 Å². The van der Waals surface area contributed by atoms with E-state index >= 15 is 0 Å². The molecule has 0 radical (unpaired) electrons. The van der Waals surface area contributed by atoms with E-state index in [-0.39, 0.29) is 0 Å². The molecule has 1 saturated heterocycles. The van der Waals surface area contributed by atoms with E-state index in [1.807, 2.05) is 0 Å². The van der Waals surface area contributed by atoms with Crippen molar-refractivity contribution in [2.75, 3.05) is 25.4 Å². The fourth-order valence-electron chi connectivity index (χ4n) is 4.53. The average molecular weight is 287 g/mol. The standard InChI is InChI=1S/C18H25NS/c1-2-6-15-11-19(10-9-14(15)5-1)12-16-13-20-18-8-4-3-7-17(16)18/h3-4,7-8,14-16H,1-2,5-6,9-13H2. The van der Waals surface area contributed by atoms with Gasteiger partial charge in [0.05, 0.1) is 0 Å². The molecule has 1 saturated carbocycles. The fraction of sp³-hybridized carbons (Fsp3) is 0.667. The van der Waals surface area contributed by atoms with Crippen molar-refractivity contribution in [1.82, 2.24) is 4.90 Å². The number of hydrogen-bond donors (Lipinski definition) is 0. The molecule has 2 heteroatoms. The summed E-state index contributed by atoms with van der Waals surface area (Å²) >= 11 is 2.06. The molecule has 4 rings (SSSR count). The lowest BCUT2D eigenvalue weighted by molar-refractivity contribution is 0.0839. The molecule has 0 aromatic heterocycles. The highest BCUT2D eigenvalue weighted by molar-refractivity contribution is 7.99. The third-order valence-corrected chi connectivity index (χ3v) is 6.90. The normalized spacial score (nSPS) is 33.7. The van der Waals surface area contributed by atoms with Crippen LogP contribution in [0.5, 0.6) is 0 Å². The Hall–Kier alpha value is -0.470. The Morgan fingerprint density at radius 3 is 2.85 bits per heavy atom. The van der Waals surface area contributed by atoms with Crippen LogP contribution in [0.4, 0.5) is 0 Å². The highest BCUT2D eigenvalue weighted by Crippen LogP contribution is 2.41. The van der Waals surface area contributed by atoms with Crippen molar-refractivity contribution in [3.05, 3.63) is 29.8 Å². The topological polar surface area (TPSA) is 3.24 Å². The van der Waals surface area contributed by atoms with Crippen LogP contribution in [0, 0.1) is 11.8 Å². The molecule has 3 unspecified atom stereocenters. The summed E-state index contributed by atoms with van der Waals surface area (Å²) in [6, 6.07) is 9.05. The minimum Gasteiger partial charge on any atom is -0.302 e. The van der Waals surface area contributed by atoms with E-state index in [0.29, 0.717) is 0 Å². The number of benzene rings is 1. The van der Waals surface area contributed by atoms with Gasteiger partial charge < -0.3 is 4.90 Å². The number of thioether (sulfide) groups is 1. The van der Waals surface area contributed by atoms with Crippen LogP contribution in [0.25, 0.3) is 0 Å². The van der Waals surface area contributed by atoms with E-state index in [4.69, 9.17) is 0 Å². The van der Waals surface area contributed by atoms with Crippen molar-refractivity contribution < 1.29 is 0 Å². The first-order valence-corrected chi connectivity index (χ1v) is 9.33. The summed E-state index contributed by atoms with van der Waals surface area (Å²) in [6.07, 6.45) is 7.45. The second kappa shape index (κ2) is 5.73. The summed E-state index contributed by atoms with van der Waals surface area (Å²) in [6.45, 7) is 4.03. The third-order valence-electron chi connectivity index (χ3n) is 5.65. The van der Waals surface area contributed by atoms with Gasteiger partial charge in [-0.1, -0.05) is 37.5 Å². The SMILES string of the molecule is c1ccc2c(c1)SCC2CN1CCC2CCCCC2C1. The second-order valence-electron chi connectivity index (χ2n) is 6.90. The van der Waals surface area contributed by atoms with Crippen LogP contribution in [-0.4, -0.2) is 30.3 Å².